The predicted molar refractivity (Wildman–Crippen MR) is 81.9 cm³/mol. The second kappa shape index (κ2) is 6.45. The van der Waals surface area contributed by atoms with Crippen molar-refractivity contribution >= 4 is 10.9 Å². The zero-order valence-electron chi connectivity index (χ0n) is 11.8. The molecular weight excluding hydrogens is 232 g/mol. The molecule has 1 aromatic heterocycles. The van der Waals surface area contributed by atoms with E-state index in [1.807, 2.05) is 0 Å². The quantitative estimate of drug-likeness (QED) is 0.782. The normalized spacial score (nSPS) is 11.1. The maximum absolute atomic E-state index is 5.32. The van der Waals surface area contributed by atoms with E-state index in [0.29, 0.717) is 5.92 Å². The Labute approximate surface area is 115 Å². The summed E-state index contributed by atoms with van der Waals surface area (Å²) in [5.74, 6) is 3.38. The van der Waals surface area contributed by atoms with Crippen LogP contribution in [-0.4, -0.2) is 11.1 Å². The first-order valence-corrected chi connectivity index (χ1v) is 6.92. The lowest BCUT2D eigenvalue weighted by Crippen LogP contribution is -2.18. The zero-order chi connectivity index (χ0) is 13.7. The molecule has 2 rings (SSSR count). The van der Waals surface area contributed by atoms with Crippen molar-refractivity contribution in [2.45, 2.75) is 33.4 Å². The van der Waals surface area contributed by atoms with E-state index in [0.717, 1.165) is 26.1 Å². The third-order valence-electron chi connectivity index (χ3n) is 3.21. The molecule has 2 aromatic rings. The number of hydrogen-bond acceptors (Lipinski definition) is 1. The number of hydrogen-bond donors (Lipinski definition) is 1. The van der Waals surface area contributed by atoms with Gasteiger partial charge in [-0.05, 0) is 41.6 Å². The molecule has 100 valence electrons. The van der Waals surface area contributed by atoms with Gasteiger partial charge in [-0.15, -0.1) is 12.3 Å². The number of nitrogens with zero attached hydrogens (tertiary/aromatic N) is 1. The van der Waals surface area contributed by atoms with Gasteiger partial charge in [0, 0.05) is 31.2 Å². The van der Waals surface area contributed by atoms with E-state index in [2.05, 4.69) is 60.1 Å². The fraction of sp³-hybridized carbons (Fsp3) is 0.412. The molecule has 19 heavy (non-hydrogen) atoms. The Kier molecular flexibility index (Phi) is 4.65. The van der Waals surface area contributed by atoms with Crippen molar-refractivity contribution in [3.63, 3.8) is 0 Å². The Morgan fingerprint density at radius 1 is 1.32 bits per heavy atom. The molecule has 1 aromatic carbocycles. The van der Waals surface area contributed by atoms with E-state index in [1.165, 1.54) is 16.5 Å². The minimum Gasteiger partial charge on any atom is -0.347 e. The van der Waals surface area contributed by atoms with Gasteiger partial charge in [0.1, 0.15) is 0 Å². The number of terminal acetylenes is 1. The van der Waals surface area contributed by atoms with Crippen molar-refractivity contribution in [3.05, 3.63) is 36.0 Å². The molecule has 0 bridgehead atoms. The highest BCUT2D eigenvalue weighted by Gasteiger charge is 2.02. The Morgan fingerprint density at radius 3 is 2.89 bits per heavy atom. The molecule has 2 heteroatoms. The van der Waals surface area contributed by atoms with Gasteiger partial charge in [-0.3, -0.25) is 0 Å². The summed E-state index contributed by atoms with van der Waals surface area (Å²) in [7, 11) is 0. The van der Waals surface area contributed by atoms with Crippen molar-refractivity contribution in [1.29, 1.82) is 0 Å². The molecule has 0 spiro atoms. The van der Waals surface area contributed by atoms with Crippen LogP contribution in [0.2, 0.25) is 0 Å². The van der Waals surface area contributed by atoms with E-state index in [4.69, 9.17) is 6.42 Å². The highest BCUT2D eigenvalue weighted by molar-refractivity contribution is 5.80. The van der Waals surface area contributed by atoms with E-state index < -0.39 is 0 Å². The summed E-state index contributed by atoms with van der Waals surface area (Å²) in [5.41, 5.74) is 2.60. The van der Waals surface area contributed by atoms with Gasteiger partial charge in [0.15, 0.2) is 0 Å². The molecule has 0 saturated heterocycles. The first-order chi connectivity index (χ1) is 9.20. The molecule has 0 saturated carbocycles. The Bertz CT molecular complexity index is 572. The summed E-state index contributed by atoms with van der Waals surface area (Å²) < 4.78 is 2.22. The lowest BCUT2D eigenvalue weighted by atomic mass is 10.1. The fourth-order valence-electron chi connectivity index (χ4n) is 2.24. The fourth-order valence-corrected chi connectivity index (χ4v) is 2.24. The van der Waals surface area contributed by atoms with E-state index in [-0.39, 0.29) is 0 Å². The van der Waals surface area contributed by atoms with Gasteiger partial charge >= 0.3 is 0 Å². The molecule has 0 atom stereocenters. The molecule has 1 heterocycles. The Balaban J connectivity index is 2.07. The monoisotopic (exact) mass is 254 g/mol. The van der Waals surface area contributed by atoms with Crippen LogP contribution in [0.1, 0.15) is 25.8 Å². The number of nitrogens with one attached hydrogen (secondary N) is 1. The van der Waals surface area contributed by atoms with Crippen molar-refractivity contribution in [2.24, 2.45) is 5.92 Å². The standard InChI is InChI=1S/C17H22N2/c1-4-5-9-19-10-8-16-11-15(6-7-17(16)19)13-18-12-14(2)3/h1,6-8,10-11,14,18H,5,9,12-13H2,2-3H3. The van der Waals surface area contributed by atoms with Gasteiger partial charge in [0.05, 0.1) is 0 Å². The second-order valence-corrected chi connectivity index (χ2v) is 5.38. The maximum atomic E-state index is 5.32. The van der Waals surface area contributed by atoms with Crippen LogP contribution in [0.4, 0.5) is 0 Å². The van der Waals surface area contributed by atoms with Crippen LogP contribution in [0.3, 0.4) is 0 Å². The van der Waals surface area contributed by atoms with E-state index in [9.17, 15) is 0 Å². The van der Waals surface area contributed by atoms with Crippen molar-refractivity contribution in [1.82, 2.24) is 9.88 Å². The Morgan fingerprint density at radius 2 is 2.16 bits per heavy atom. The Hall–Kier alpha value is -1.72. The zero-order valence-corrected chi connectivity index (χ0v) is 11.8. The van der Waals surface area contributed by atoms with Crippen LogP contribution in [0.25, 0.3) is 10.9 Å². The highest BCUT2D eigenvalue weighted by Crippen LogP contribution is 2.18. The van der Waals surface area contributed by atoms with Gasteiger partial charge in [-0.1, -0.05) is 19.9 Å². The molecule has 0 aliphatic carbocycles. The summed E-state index contributed by atoms with van der Waals surface area (Å²) >= 11 is 0. The molecule has 0 fully saturated rings. The minimum absolute atomic E-state index is 0.688. The summed E-state index contributed by atoms with van der Waals surface area (Å²) in [4.78, 5) is 0. The van der Waals surface area contributed by atoms with Crippen LogP contribution >= 0.6 is 0 Å². The van der Waals surface area contributed by atoms with E-state index >= 15 is 0 Å². The minimum atomic E-state index is 0.688. The van der Waals surface area contributed by atoms with Crippen molar-refractivity contribution in [2.75, 3.05) is 6.54 Å². The largest absolute Gasteiger partial charge is 0.347 e. The average molecular weight is 254 g/mol. The van der Waals surface area contributed by atoms with E-state index in [1.54, 1.807) is 0 Å². The summed E-state index contributed by atoms with van der Waals surface area (Å²) in [6.45, 7) is 7.33. The average Bonchev–Trinajstić information content (AvgIpc) is 2.78. The third kappa shape index (κ3) is 3.62. The number of rotatable bonds is 6. The van der Waals surface area contributed by atoms with Gasteiger partial charge < -0.3 is 9.88 Å². The highest BCUT2D eigenvalue weighted by atomic mass is 14.9. The number of benzene rings is 1. The molecule has 2 nitrogen and oxygen atoms in total. The first kappa shape index (κ1) is 13.7. The van der Waals surface area contributed by atoms with Gasteiger partial charge in [-0.2, -0.15) is 0 Å². The van der Waals surface area contributed by atoms with Crippen LogP contribution in [0, 0.1) is 18.3 Å². The molecule has 0 aliphatic heterocycles. The summed E-state index contributed by atoms with van der Waals surface area (Å²) in [6, 6.07) is 8.81. The molecule has 0 aliphatic rings. The number of aryl methyl sites for hydroxylation is 1. The van der Waals surface area contributed by atoms with Gasteiger partial charge in [-0.25, -0.2) is 0 Å². The van der Waals surface area contributed by atoms with Crippen LogP contribution in [-0.2, 0) is 13.1 Å². The topological polar surface area (TPSA) is 17.0 Å². The molecule has 0 amide bonds. The lowest BCUT2D eigenvalue weighted by molar-refractivity contribution is 0.552. The number of fused-ring (bicyclic) bond motifs is 1. The predicted octanol–water partition coefficient (Wildman–Crippen LogP) is 3.41. The second-order valence-electron chi connectivity index (χ2n) is 5.38. The number of aromatic nitrogens is 1. The summed E-state index contributed by atoms with van der Waals surface area (Å²) in [6.07, 6.45) is 8.22. The maximum Gasteiger partial charge on any atom is 0.0480 e. The van der Waals surface area contributed by atoms with Crippen molar-refractivity contribution in [3.8, 4) is 12.3 Å². The first-order valence-electron chi connectivity index (χ1n) is 6.92. The molecular formula is C17H22N2. The SMILES string of the molecule is C#CCCn1ccc2cc(CNCC(C)C)ccc21. The third-order valence-corrected chi connectivity index (χ3v) is 3.21. The summed E-state index contributed by atoms with van der Waals surface area (Å²) in [5, 5.41) is 4.77. The molecule has 0 unspecified atom stereocenters. The van der Waals surface area contributed by atoms with Crippen LogP contribution in [0.5, 0.6) is 0 Å². The van der Waals surface area contributed by atoms with Crippen LogP contribution in [0.15, 0.2) is 30.5 Å². The molecule has 0 radical (unpaired) electrons. The van der Waals surface area contributed by atoms with Crippen molar-refractivity contribution < 1.29 is 0 Å². The van der Waals surface area contributed by atoms with Crippen LogP contribution < -0.4 is 5.32 Å². The van der Waals surface area contributed by atoms with Gasteiger partial charge in [0.25, 0.3) is 0 Å². The lowest BCUT2D eigenvalue weighted by Gasteiger charge is -2.08. The smallest absolute Gasteiger partial charge is 0.0480 e. The van der Waals surface area contributed by atoms with Gasteiger partial charge in [0.2, 0.25) is 0 Å². The molecule has 1 N–H and O–H groups in total.